The minimum Gasteiger partial charge on any atom is -0.460 e. The Morgan fingerprint density at radius 2 is 0.896 bits per heavy atom. The van der Waals surface area contributed by atoms with E-state index < -0.39 is 27.6 Å². The summed E-state index contributed by atoms with van der Waals surface area (Å²) >= 11 is 0. The number of hydrogen-bond acceptors (Lipinski definition) is 12. The molecule has 0 saturated heterocycles. The molecule has 0 bridgehead atoms. The molecule has 48 heavy (non-hydrogen) atoms. The summed E-state index contributed by atoms with van der Waals surface area (Å²) in [6.45, 7) is 15.9. The van der Waals surface area contributed by atoms with Crippen molar-refractivity contribution < 1.29 is 55.3 Å². The molecular formula is C34H40O12P2. The minimum absolute atomic E-state index is 0.0463. The van der Waals surface area contributed by atoms with Crippen molar-refractivity contribution in [3.63, 3.8) is 0 Å². The van der Waals surface area contributed by atoms with Gasteiger partial charge in [0.15, 0.2) is 0 Å². The quantitative estimate of drug-likeness (QED) is 0.0544. The lowest BCUT2D eigenvalue weighted by Gasteiger charge is -2.22. The van der Waals surface area contributed by atoms with Crippen LogP contribution in [0.2, 0.25) is 0 Å². The van der Waals surface area contributed by atoms with E-state index in [2.05, 4.69) is 13.2 Å². The third-order valence-corrected chi connectivity index (χ3v) is 8.97. The molecule has 0 saturated carbocycles. The molecule has 0 radical (unpaired) electrons. The molecule has 2 atom stereocenters. The predicted molar refractivity (Wildman–Crippen MR) is 179 cm³/mol. The number of carbonyl (C=O) groups excluding carboxylic acids is 2. The summed E-state index contributed by atoms with van der Waals surface area (Å²) in [5.74, 6) is -0.818. The van der Waals surface area contributed by atoms with Gasteiger partial charge >= 0.3 is 27.6 Å². The van der Waals surface area contributed by atoms with Crippen LogP contribution in [0.3, 0.4) is 0 Å². The topological polar surface area (TPSA) is 142 Å². The van der Waals surface area contributed by atoms with Gasteiger partial charge in [-0.15, -0.1) is 0 Å². The Balaban J connectivity index is 1.87. The third kappa shape index (κ3) is 11.4. The number of phosphoric acid groups is 2. The Bertz CT molecular complexity index is 1590. The summed E-state index contributed by atoms with van der Waals surface area (Å²) in [7, 11) is -8.87. The first-order valence-electron chi connectivity index (χ1n) is 14.8. The first-order valence-corrected chi connectivity index (χ1v) is 17.7. The van der Waals surface area contributed by atoms with Crippen molar-refractivity contribution in [2.75, 3.05) is 26.4 Å². The molecule has 2 unspecified atom stereocenters. The fourth-order valence-corrected chi connectivity index (χ4v) is 6.56. The van der Waals surface area contributed by atoms with Gasteiger partial charge in [-0.25, -0.2) is 18.7 Å². The molecule has 12 nitrogen and oxygen atoms in total. The van der Waals surface area contributed by atoms with E-state index in [0.717, 1.165) is 0 Å². The lowest BCUT2D eigenvalue weighted by atomic mass is 10.1. The molecule has 0 aliphatic carbocycles. The van der Waals surface area contributed by atoms with Gasteiger partial charge in [-0.3, -0.25) is 9.05 Å². The van der Waals surface area contributed by atoms with Crippen LogP contribution >= 0.6 is 15.6 Å². The number of rotatable bonds is 18. The second-order valence-electron chi connectivity index (χ2n) is 10.7. The first kappa shape index (κ1) is 38.1. The van der Waals surface area contributed by atoms with E-state index in [9.17, 15) is 18.7 Å². The van der Waals surface area contributed by atoms with Gasteiger partial charge in [0, 0.05) is 17.2 Å². The van der Waals surface area contributed by atoms with Crippen LogP contribution in [0.15, 0.2) is 85.0 Å². The van der Waals surface area contributed by atoms with Crippen molar-refractivity contribution in [3.8, 4) is 23.0 Å². The van der Waals surface area contributed by atoms with Crippen LogP contribution < -0.4 is 18.1 Å². The second kappa shape index (κ2) is 17.2. The van der Waals surface area contributed by atoms with Crippen LogP contribution in [0.4, 0.5) is 0 Å². The van der Waals surface area contributed by atoms with Gasteiger partial charge in [0.2, 0.25) is 0 Å². The Labute approximate surface area is 280 Å². The average molecular weight is 703 g/mol. The van der Waals surface area contributed by atoms with Crippen LogP contribution in [0.1, 0.15) is 36.1 Å². The number of phosphoric ester groups is 2. The van der Waals surface area contributed by atoms with Gasteiger partial charge in [0.05, 0.1) is 13.2 Å². The van der Waals surface area contributed by atoms with Crippen molar-refractivity contribution in [1.82, 2.24) is 0 Å². The van der Waals surface area contributed by atoms with Gasteiger partial charge in [0.25, 0.3) is 0 Å². The maximum atomic E-state index is 14.0. The molecule has 14 heteroatoms. The smallest absolute Gasteiger partial charge is 0.460 e. The zero-order valence-electron chi connectivity index (χ0n) is 27.8. The molecule has 0 fully saturated rings. The van der Waals surface area contributed by atoms with Crippen molar-refractivity contribution in [2.45, 2.75) is 41.5 Å². The van der Waals surface area contributed by atoms with Crippen molar-refractivity contribution in [1.29, 1.82) is 0 Å². The molecule has 3 aromatic carbocycles. The number of ether oxygens (including phenoxy) is 2. The fraction of sp³-hybridized carbons (Fsp3) is 0.294. The zero-order valence-corrected chi connectivity index (χ0v) is 29.6. The summed E-state index contributed by atoms with van der Waals surface area (Å²) in [5, 5.41) is 0. The second-order valence-corrected chi connectivity index (χ2v) is 13.7. The van der Waals surface area contributed by atoms with Crippen LogP contribution in [-0.4, -0.2) is 38.4 Å². The van der Waals surface area contributed by atoms with E-state index >= 15 is 0 Å². The standard InChI is InChI=1S/C34H40O12P2/c1-23(2)33(35)39-18-20-41-47(37,45-31-25(5)12-9-13-26(31)6)43-29-16-11-17-30(22-29)44-48(38,42-21-19-40-34(36)24(3)4)46-32-27(7)14-10-15-28(32)8/h9-17,22H,1,3,18-21H2,2,4-8H3. The molecule has 3 aromatic rings. The van der Waals surface area contributed by atoms with E-state index in [4.69, 9.17) is 36.6 Å². The van der Waals surface area contributed by atoms with E-state index in [1.807, 2.05) is 12.1 Å². The average Bonchev–Trinajstić information content (AvgIpc) is 3.01. The number of benzene rings is 3. The van der Waals surface area contributed by atoms with Gasteiger partial charge in [-0.05, 0) is 75.9 Å². The molecule has 3 rings (SSSR count). The highest BCUT2D eigenvalue weighted by molar-refractivity contribution is 7.49. The number of aryl methyl sites for hydroxylation is 4. The fourth-order valence-electron chi connectivity index (χ4n) is 3.91. The van der Waals surface area contributed by atoms with Gasteiger partial charge in [0.1, 0.15) is 36.2 Å². The Morgan fingerprint density at radius 3 is 1.23 bits per heavy atom. The van der Waals surface area contributed by atoms with E-state index in [0.29, 0.717) is 22.3 Å². The summed E-state index contributed by atoms with van der Waals surface area (Å²) in [5.41, 5.74) is 3.06. The number of hydrogen-bond donors (Lipinski definition) is 0. The highest BCUT2D eigenvalue weighted by Gasteiger charge is 2.35. The highest BCUT2D eigenvalue weighted by atomic mass is 31.2. The molecule has 0 spiro atoms. The summed E-state index contributed by atoms with van der Waals surface area (Å²) < 4.78 is 72.4. The van der Waals surface area contributed by atoms with Crippen LogP contribution in [0, 0.1) is 27.7 Å². The van der Waals surface area contributed by atoms with E-state index in [1.54, 1.807) is 52.0 Å². The van der Waals surface area contributed by atoms with E-state index in [-0.39, 0.29) is 60.6 Å². The van der Waals surface area contributed by atoms with Gasteiger partial charge < -0.3 is 27.6 Å². The number of carbonyl (C=O) groups is 2. The van der Waals surface area contributed by atoms with Crippen molar-refractivity contribution in [2.24, 2.45) is 0 Å². The van der Waals surface area contributed by atoms with E-state index in [1.165, 1.54) is 38.1 Å². The minimum atomic E-state index is -4.44. The summed E-state index contributed by atoms with van der Waals surface area (Å²) in [6.07, 6.45) is 0. The van der Waals surface area contributed by atoms with Crippen molar-refractivity contribution >= 4 is 27.6 Å². The number of para-hydroxylation sites is 2. The summed E-state index contributed by atoms with van der Waals surface area (Å²) in [4.78, 5) is 23.6. The lowest BCUT2D eigenvalue weighted by Crippen LogP contribution is -2.14. The third-order valence-electron chi connectivity index (χ3n) is 6.29. The molecule has 0 aromatic heterocycles. The van der Waals surface area contributed by atoms with Crippen LogP contribution in [0.5, 0.6) is 23.0 Å². The normalized spacial score (nSPS) is 13.3. The maximum absolute atomic E-state index is 14.0. The van der Waals surface area contributed by atoms with Gasteiger partial charge in [-0.2, -0.15) is 0 Å². The maximum Gasteiger partial charge on any atom is 0.587 e. The Morgan fingerprint density at radius 1 is 0.562 bits per heavy atom. The molecule has 0 amide bonds. The molecule has 0 aliphatic heterocycles. The van der Waals surface area contributed by atoms with Gasteiger partial charge in [-0.1, -0.05) is 55.6 Å². The largest absolute Gasteiger partial charge is 0.587 e. The molecular weight excluding hydrogens is 662 g/mol. The molecule has 258 valence electrons. The predicted octanol–water partition coefficient (Wildman–Crippen LogP) is 8.32. The van der Waals surface area contributed by atoms with Crippen LogP contribution in [0.25, 0.3) is 0 Å². The van der Waals surface area contributed by atoms with Crippen molar-refractivity contribution in [3.05, 3.63) is 107 Å². The lowest BCUT2D eigenvalue weighted by molar-refractivity contribution is -0.140. The SMILES string of the molecule is C=C(C)C(=O)OCCOP(=O)(Oc1cccc(OP(=O)(OCCOC(=O)C(=C)C)Oc2c(C)cccc2C)c1)Oc1c(C)cccc1C. The molecule has 0 N–H and O–H groups in total. The first-order chi connectivity index (χ1) is 22.6. The monoisotopic (exact) mass is 702 g/mol. The Kier molecular flexibility index (Phi) is 13.6. The molecule has 0 aliphatic rings. The molecule has 0 heterocycles. The summed E-state index contributed by atoms with van der Waals surface area (Å²) in [6, 6.07) is 16.4. The Hall–Kier alpha value is -4.34. The number of esters is 2. The van der Waals surface area contributed by atoms with Crippen LogP contribution in [-0.2, 0) is 37.2 Å². The zero-order chi connectivity index (χ0) is 35.5. The highest BCUT2D eigenvalue weighted by Crippen LogP contribution is 2.53.